The number of benzene rings is 2. The molecule has 4 rings (SSSR count). The molecule has 3 aromatic rings. The highest BCUT2D eigenvalue weighted by molar-refractivity contribution is 6.04. The summed E-state index contributed by atoms with van der Waals surface area (Å²) < 4.78 is 39.3. The summed E-state index contributed by atoms with van der Waals surface area (Å²) in [5.74, 6) is 0.0940. The van der Waals surface area contributed by atoms with Crippen molar-refractivity contribution in [2.75, 3.05) is 16.8 Å². The summed E-state index contributed by atoms with van der Waals surface area (Å²) in [6.07, 6.45) is -2.24. The minimum atomic E-state index is -4.55. The number of anilines is 2. The van der Waals surface area contributed by atoms with Crippen molar-refractivity contribution < 1.29 is 18.0 Å². The number of aromatic nitrogens is 1. The molecule has 0 spiro atoms. The average Bonchev–Trinajstić information content (AvgIpc) is 2.73. The van der Waals surface area contributed by atoms with Crippen LogP contribution in [0.3, 0.4) is 0 Å². The first kappa shape index (κ1) is 19.0. The zero-order chi connectivity index (χ0) is 20.4. The number of carbonyl (C=O) groups is 1. The zero-order valence-corrected chi connectivity index (χ0v) is 15.4. The lowest BCUT2D eigenvalue weighted by Gasteiger charge is -2.29. The molecule has 29 heavy (non-hydrogen) atoms. The largest absolute Gasteiger partial charge is 0.418 e. The molecule has 148 valence electrons. The fraction of sp³-hybridized carbons (Fsp3) is 0.182. The maximum atomic E-state index is 13.1. The lowest BCUT2D eigenvalue weighted by atomic mass is 10.00. The van der Waals surface area contributed by atoms with Gasteiger partial charge in [0.25, 0.3) is 5.91 Å². The van der Waals surface area contributed by atoms with Gasteiger partial charge in [0, 0.05) is 19.3 Å². The number of halogens is 3. The van der Waals surface area contributed by atoms with Gasteiger partial charge >= 0.3 is 6.18 Å². The second-order valence-electron chi connectivity index (χ2n) is 6.84. The first-order chi connectivity index (χ1) is 13.9. The van der Waals surface area contributed by atoms with Crippen LogP contribution in [0.2, 0.25) is 0 Å². The molecule has 1 aromatic heterocycles. The number of carbonyl (C=O) groups excluding carboxylic acids is 1. The van der Waals surface area contributed by atoms with Crippen molar-refractivity contribution in [1.29, 1.82) is 0 Å². The Morgan fingerprint density at radius 2 is 1.69 bits per heavy atom. The van der Waals surface area contributed by atoms with Crippen LogP contribution >= 0.6 is 0 Å². The molecule has 0 saturated carbocycles. The summed E-state index contributed by atoms with van der Waals surface area (Å²) in [7, 11) is 0. The van der Waals surface area contributed by atoms with Crippen molar-refractivity contribution in [2.24, 2.45) is 0 Å². The molecule has 1 aliphatic heterocycles. The Balaban J connectivity index is 1.48. The number of para-hydroxylation sites is 1. The topological polar surface area (TPSA) is 45.2 Å². The highest BCUT2D eigenvalue weighted by Gasteiger charge is 2.33. The molecule has 1 N–H and O–H groups in total. The number of fused-ring (bicyclic) bond motifs is 1. The molecule has 1 aliphatic rings. The summed E-state index contributed by atoms with van der Waals surface area (Å²) in [4.78, 5) is 18.9. The Morgan fingerprint density at radius 3 is 2.41 bits per heavy atom. The maximum absolute atomic E-state index is 13.1. The minimum Gasteiger partial charge on any atom is -0.352 e. The van der Waals surface area contributed by atoms with Crippen LogP contribution in [0.1, 0.15) is 27.0 Å². The molecule has 0 aliphatic carbocycles. The fourth-order valence-corrected chi connectivity index (χ4v) is 3.43. The molecular formula is C22H18F3N3O. The maximum Gasteiger partial charge on any atom is 0.418 e. The van der Waals surface area contributed by atoms with E-state index in [0.717, 1.165) is 31.4 Å². The van der Waals surface area contributed by atoms with Crippen molar-refractivity contribution in [3.05, 3.63) is 89.1 Å². The van der Waals surface area contributed by atoms with Crippen LogP contribution in [-0.2, 0) is 19.1 Å². The van der Waals surface area contributed by atoms with E-state index < -0.39 is 17.6 Å². The van der Waals surface area contributed by atoms with Crippen LogP contribution in [0.25, 0.3) is 0 Å². The van der Waals surface area contributed by atoms with Gasteiger partial charge in [-0.05, 0) is 41.8 Å². The van der Waals surface area contributed by atoms with E-state index in [1.807, 2.05) is 12.1 Å². The molecule has 0 bridgehead atoms. The van der Waals surface area contributed by atoms with Gasteiger partial charge in [0.05, 0.1) is 16.8 Å². The molecule has 2 heterocycles. The van der Waals surface area contributed by atoms with Crippen molar-refractivity contribution in [3.63, 3.8) is 0 Å². The lowest BCUT2D eigenvalue weighted by Crippen LogP contribution is -2.31. The number of hydrogen-bond acceptors (Lipinski definition) is 3. The van der Waals surface area contributed by atoms with Gasteiger partial charge in [0.2, 0.25) is 0 Å². The van der Waals surface area contributed by atoms with Gasteiger partial charge in [0.1, 0.15) is 5.82 Å². The van der Waals surface area contributed by atoms with Gasteiger partial charge in [-0.3, -0.25) is 4.79 Å². The number of nitrogens with one attached hydrogen (secondary N) is 1. The quantitative estimate of drug-likeness (QED) is 0.683. The first-order valence-corrected chi connectivity index (χ1v) is 9.17. The summed E-state index contributed by atoms with van der Waals surface area (Å²) in [5, 5.41) is 2.33. The summed E-state index contributed by atoms with van der Waals surface area (Å²) in [6.45, 7) is 1.54. The Morgan fingerprint density at radius 1 is 0.966 bits per heavy atom. The van der Waals surface area contributed by atoms with E-state index in [-0.39, 0.29) is 11.3 Å². The average molecular weight is 397 g/mol. The highest BCUT2D eigenvalue weighted by atomic mass is 19.4. The van der Waals surface area contributed by atoms with Gasteiger partial charge in [-0.25, -0.2) is 4.98 Å². The Bertz CT molecular complexity index is 1030. The number of hydrogen-bond donors (Lipinski definition) is 1. The van der Waals surface area contributed by atoms with E-state index in [0.29, 0.717) is 0 Å². The third-order valence-corrected chi connectivity index (χ3v) is 4.95. The van der Waals surface area contributed by atoms with E-state index in [1.165, 1.54) is 35.5 Å². The zero-order valence-electron chi connectivity index (χ0n) is 15.4. The van der Waals surface area contributed by atoms with Crippen molar-refractivity contribution in [1.82, 2.24) is 4.98 Å². The Hall–Kier alpha value is -3.35. The van der Waals surface area contributed by atoms with Gasteiger partial charge in [-0.1, -0.05) is 36.4 Å². The number of amides is 1. The van der Waals surface area contributed by atoms with E-state index in [4.69, 9.17) is 0 Å². The molecule has 0 radical (unpaired) electrons. The third kappa shape index (κ3) is 4.08. The molecular weight excluding hydrogens is 379 g/mol. The minimum absolute atomic E-state index is 0.197. The second kappa shape index (κ2) is 7.58. The van der Waals surface area contributed by atoms with Gasteiger partial charge in [-0.2, -0.15) is 13.2 Å². The fourth-order valence-electron chi connectivity index (χ4n) is 3.43. The molecule has 2 aromatic carbocycles. The van der Waals surface area contributed by atoms with Crippen molar-refractivity contribution in [3.8, 4) is 0 Å². The lowest BCUT2D eigenvalue weighted by molar-refractivity contribution is -0.136. The molecule has 7 heteroatoms. The number of alkyl halides is 3. The first-order valence-electron chi connectivity index (χ1n) is 9.17. The summed E-state index contributed by atoms with van der Waals surface area (Å²) in [6, 6.07) is 16.4. The molecule has 0 unspecified atom stereocenters. The predicted molar refractivity (Wildman–Crippen MR) is 105 cm³/mol. The highest BCUT2D eigenvalue weighted by Crippen LogP contribution is 2.34. The standard InChI is InChI=1S/C22H18F3N3O/c23-22(24,25)18-7-3-4-8-19(18)27-21(29)16-9-10-20(26-13-16)28-12-11-15-5-1-2-6-17(15)14-28/h1-10,13H,11-12,14H2,(H,27,29). The molecule has 1 amide bonds. The van der Waals surface area contributed by atoms with Crippen LogP contribution in [-0.4, -0.2) is 17.4 Å². The molecule has 0 saturated heterocycles. The van der Waals surface area contributed by atoms with Gasteiger partial charge in [-0.15, -0.1) is 0 Å². The number of pyridine rings is 1. The van der Waals surface area contributed by atoms with E-state index >= 15 is 0 Å². The predicted octanol–water partition coefficient (Wildman–Crippen LogP) is 4.92. The summed E-state index contributed by atoms with van der Waals surface area (Å²) >= 11 is 0. The van der Waals surface area contributed by atoms with E-state index in [2.05, 4.69) is 27.3 Å². The number of rotatable bonds is 3. The monoisotopic (exact) mass is 397 g/mol. The SMILES string of the molecule is O=C(Nc1ccccc1C(F)(F)F)c1ccc(N2CCc3ccccc3C2)nc1. The van der Waals surface area contributed by atoms with Crippen molar-refractivity contribution >= 4 is 17.4 Å². The summed E-state index contributed by atoms with van der Waals surface area (Å²) in [5.41, 5.74) is 1.60. The van der Waals surface area contributed by atoms with Crippen molar-refractivity contribution in [2.45, 2.75) is 19.1 Å². The smallest absolute Gasteiger partial charge is 0.352 e. The third-order valence-electron chi connectivity index (χ3n) is 4.95. The molecule has 4 nitrogen and oxygen atoms in total. The van der Waals surface area contributed by atoms with Gasteiger partial charge in [0.15, 0.2) is 0 Å². The molecule has 0 fully saturated rings. The van der Waals surface area contributed by atoms with Crippen LogP contribution in [0, 0.1) is 0 Å². The Kier molecular flexibility index (Phi) is 4.96. The van der Waals surface area contributed by atoms with Crippen LogP contribution in [0.15, 0.2) is 66.9 Å². The Labute approximate surface area is 166 Å². The second-order valence-corrected chi connectivity index (χ2v) is 6.84. The molecule has 0 atom stereocenters. The van der Waals surface area contributed by atoms with E-state index in [9.17, 15) is 18.0 Å². The van der Waals surface area contributed by atoms with Crippen LogP contribution in [0.5, 0.6) is 0 Å². The number of nitrogens with zero attached hydrogens (tertiary/aromatic N) is 2. The van der Waals surface area contributed by atoms with E-state index in [1.54, 1.807) is 12.1 Å². The van der Waals surface area contributed by atoms with Crippen LogP contribution in [0.4, 0.5) is 24.7 Å². The van der Waals surface area contributed by atoms with Crippen LogP contribution < -0.4 is 10.2 Å². The van der Waals surface area contributed by atoms with Gasteiger partial charge < -0.3 is 10.2 Å². The normalized spacial score (nSPS) is 13.7.